The van der Waals surface area contributed by atoms with Crippen molar-refractivity contribution in [2.45, 2.75) is 64.5 Å². The summed E-state index contributed by atoms with van der Waals surface area (Å²) < 4.78 is 5.80. The average Bonchev–Trinajstić information content (AvgIpc) is 2.97. The molecule has 2 nitrogen and oxygen atoms in total. The zero-order chi connectivity index (χ0) is 14.7. The lowest BCUT2D eigenvalue weighted by molar-refractivity contribution is 0.260. The molecule has 1 aromatic rings. The molecule has 1 heterocycles. The van der Waals surface area contributed by atoms with Crippen LogP contribution in [0.15, 0.2) is 12.1 Å². The van der Waals surface area contributed by atoms with Crippen molar-refractivity contribution in [3.05, 3.63) is 28.3 Å². The third kappa shape index (κ3) is 3.54. The Hall–Kier alpha value is -0.730. The van der Waals surface area contributed by atoms with Crippen LogP contribution in [0.1, 0.15) is 56.6 Å². The molecule has 0 radical (unpaired) electrons. The molecule has 0 bridgehead atoms. The zero-order valence-corrected chi connectivity index (χ0v) is 13.7. The summed E-state index contributed by atoms with van der Waals surface area (Å²) in [6.45, 7) is 3.96. The first-order chi connectivity index (χ1) is 10.3. The lowest BCUT2D eigenvalue weighted by atomic mass is 9.83. The van der Waals surface area contributed by atoms with Crippen molar-refractivity contribution in [3.8, 4) is 5.75 Å². The number of hydrogen-bond donors (Lipinski definition) is 1. The Morgan fingerprint density at radius 3 is 2.86 bits per heavy atom. The Labute approximate surface area is 133 Å². The Morgan fingerprint density at radius 2 is 2.10 bits per heavy atom. The molecule has 1 aliphatic heterocycles. The van der Waals surface area contributed by atoms with E-state index in [0.717, 1.165) is 36.3 Å². The van der Waals surface area contributed by atoms with Gasteiger partial charge >= 0.3 is 0 Å². The minimum atomic E-state index is 0.626. The molecular formula is C18H26ClNO. The number of fused-ring (bicyclic) bond motifs is 1. The van der Waals surface area contributed by atoms with Crippen LogP contribution in [-0.4, -0.2) is 12.6 Å². The molecule has 1 aliphatic carbocycles. The van der Waals surface area contributed by atoms with E-state index in [1.807, 2.05) is 6.07 Å². The van der Waals surface area contributed by atoms with Gasteiger partial charge in [-0.1, -0.05) is 37.8 Å². The number of hydrogen-bond acceptors (Lipinski definition) is 2. The lowest BCUT2D eigenvalue weighted by Gasteiger charge is -2.30. The van der Waals surface area contributed by atoms with Crippen LogP contribution in [0.25, 0.3) is 0 Å². The number of rotatable bonds is 5. The van der Waals surface area contributed by atoms with E-state index in [9.17, 15) is 0 Å². The van der Waals surface area contributed by atoms with Gasteiger partial charge in [0, 0.05) is 29.6 Å². The number of benzene rings is 1. The molecule has 2 aliphatic rings. The Balaban J connectivity index is 1.66. The van der Waals surface area contributed by atoms with Crippen molar-refractivity contribution >= 4 is 11.6 Å². The van der Waals surface area contributed by atoms with Gasteiger partial charge in [0.1, 0.15) is 5.75 Å². The van der Waals surface area contributed by atoms with Crippen LogP contribution < -0.4 is 10.1 Å². The Kier molecular flexibility index (Phi) is 5.07. The first-order valence-electron chi connectivity index (χ1n) is 8.45. The fourth-order valence-corrected chi connectivity index (χ4v) is 4.16. The van der Waals surface area contributed by atoms with Crippen LogP contribution in [0.3, 0.4) is 0 Å². The summed E-state index contributed by atoms with van der Waals surface area (Å²) in [7, 11) is 0. The van der Waals surface area contributed by atoms with E-state index in [0.29, 0.717) is 6.04 Å². The van der Waals surface area contributed by atoms with Crippen LogP contribution in [0, 0.1) is 5.92 Å². The molecule has 1 saturated carbocycles. The van der Waals surface area contributed by atoms with E-state index in [4.69, 9.17) is 16.3 Å². The third-order valence-corrected chi connectivity index (χ3v) is 5.26. The smallest absolute Gasteiger partial charge is 0.127 e. The van der Waals surface area contributed by atoms with Crippen LogP contribution in [0.4, 0.5) is 0 Å². The van der Waals surface area contributed by atoms with E-state index in [2.05, 4.69) is 18.3 Å². The van der Waals surface area contributed by atoms with Crippen molar-refractivity contribution in [1.29, 1.82) is 0 Å². The van der Waals surface area contributed by atoms with Crippen LogP contribution in [0.5, 0.6) is 5.75 Å². The summed E-state index contributed by atoms with van der Waals surface area (Å²) in [6, 6.07) is 4.74. The summed E-state index contributed by atoms with van der Waals surface area (Å²) in [5.74, 6) is 1.92. The number of halogens is 1. The SMILES string of the molecule is CCC(NCc1cc(Cl)cc2c1OCC2)C1CCCCC1. The summed E-state index contributed by atoms with van der Waals surface area (Å²) in [6.07, 6.45) is 9.18. The predicted octanol–water partition coefficient (Wildman–Crippen LogP) is 4.72. The second-order valence-electron chi connectivity index (χ2n) is 6.45. The maximum absolute atomic E-state index is 6.24. The van der Waals surface area contributed by atoms with Gasteiger partial charge in [0.05, 0.1) is 6.61 Å². The molecule has 0 spiro atoms. The molecule has 3 heteroatoms. The predicted molar refractivity (Wildman–Crippen MR) is 88.1 cm³/mol. The maximum atomic E-state index is 6.24. The topological polar surface area (TPSA) is 21.3 Å². The number of nitrogens with one attached hydrogen (secondary N) is 1. The zero-order valence-electron chi connectivity index (χ0n) is 13.0. The Morgan fingerprint density at radius 1 is 1.29 bits per heavy atom. The van der Waals surface area contributed by atoms with Gasteiger partial charge in [0.25, 0.3) is 0 Å². The summed E-state index contributed by atoms with van der Waals surface area (Å²) >= 11 is 6.24. The molecule has 1 atom stereocenters. The minimum Gasteiger partial charge on any atom is -0.493 e. The molecule has 1 N–H and O–H groups in total. The maximum Gasteiger partial charge on any atom is 0.127 e. The van der Waals surface area contributed by atoms with Crippen molar-refractivity contribution in [2.24, 2.45) is 5.92 Å². The van der Waals surface area contributed by atoms with E-state index in [1.54, 1.807) is 0 Å². The van der Waals surface area contributed by atoms with Gasteiger partial charge in [-0.05, 0) is 42.9 Å². The van der Waals surface area contributed by atoms with E-state index < -0.39 is 0 Å². The molecule has 0 amide bonds. The van der Waals surface area contributed by atoms with Gasteiger partial charge in [0.15, 0.2) is 0 Å². The van der Waals surface area contributed by atoms with Gasteiger partial charge < -0.3 is 10.1 Å². The van der Waals surface area contributed by atoms with Crippen LogP contribution in [-0.2, 0) is 13.0 Å². The molecule has 1 aromatic carbocycles. The molecule has 1 fully saturated rings. The summed E-state index contributed by atoms with van der Waals surface area (Å²) in [5, 5.41) is 4.61. The van der Waals surface area contributed by atoms with Gasteiger partial charge in [-0.2, -0.15) is 0 Å². The highest BCUT2D eigenvalue weighted by atomic mass is 35.5. The van der Waals surface area contributed by atoms with Crippen molar-refractivity contribution in [3.63, 3.8) is 0 Å². The monoisotopic (exact) mass is 307 g/mol. The van der Waals surface area contributed by atoms with Crippen molar-refractivity contribution < 1.29 is 4.74 Å². The molecular weight excluding hydrogens is 282 g/mol. The van der Waals surface area contributed by atoms with E-state index >= 15 is 0 Å². The van der Waals surface area contributed by atoms with Crippen LogP contribution >= 0.6 is 11.6 Å². The number of ether oxygens (including phenoxy) is 1. The van der Waals surface area contributed by atoms with Gasteiger partial charge in [-0.25, -0.2) is 0 Å². The van der Waals surface area contributed by atoms with Gasteiger partial charge in [-0.15, -0.1) is 0 Å². The molecule has 3 rings (SSSR count). The van der Waals surface area contributed by atoms with Gasteiger partial charge in [-0.3, -0.25) is 0 Å². The highest BCUT2D eigenvalue weighted by molar-refractivity contribution is 6.30. The van der Waals surface area contributed by atoms with Crippen molar-refractivity contribution in [1.82, 2.24) is 5.32 Å². The third-order valence-electron chi connectivity index (χ3n) is 5.04. The summed E-state index contributed by atoms with van der Waals surface area (Å²) in [4.78, 5) is 0. The standard InChI is InChI=1S/C18H26ClNO/c1-2-17(13-6-4-3-5-7-13)20-12-15-11-16(19)10-14-8-9-21-18(14)15/h10-11,13,17,20H,2-9,12H2,1H3. The molecule has 116 valence electrons. The van der Waals surface area contributed by atoms with E-state index in [-0.39, 0.29) is 0 Å². The lowest BCUT2D eigenvalue weighted by Crippen LogP contribution is -2.36. The molecule has 1 unspecified atom stereocenters. The Bertz CT molecular complexity index is 482. The van der Waals surface area contributed by atoms with E-state index in [1.165, 1.54) is 49.7 Å². The first kappa shape index (κ1) is 15.2. The fourth-order valence-electron chi connectivity index (χ4n) is 3.90. The van der Waals surface area contributed by atoms with Gasteiger partial charge in [0.2, 0.25) is 0 Å². The van der Waals surface area contributed by atoms with Crippen molar-refractivity contribution in [2.75, 3.05) is 6.61 Å². The van der Waals surface area contributed by atoms with Crippen LogP contribution in [0.2, 0.25) is 5.02 Å². The largest absolute Gasteiger partial charge is 0.493 e. The summed E-state index contributed by atoms with van der Waals surface area (Å²) in [5.41, 5.74) is 2.49. The highest BCUT2D eigenvalue weighted by Crippen LogP contribution is 2.33. The first-order valence-corrected chi connectivity index (χ1v) is 8.83. The normalized spacial score (nSPS) is 20.1. The molecule has 21 heavy (non-hydrogen) atoms. The molecule has 0 aromatic heterocycles. The minimum absolute atomic E-state index is 0.626. The second kappa shape index (κ2) is 7.02. The second-order valence-corrected chi connectivity index (χ2v) is 6.88. The highest BCUT2D eigenvalue weighted by Gasteiger charge is 2.23. The quantitative estimate of drug-likeness (QED) is 0.849. The fraction of sp³-hybridized carbons (Fsp3) is 0.667. The molecule has 0 saturated heterocycles. The average molecular weight is 308 g/mol.